The molecule has 0 radical (unpaired) electrons. The molecular weight excluding hydrogens is 691 g/mol. The first kappa shape index (κ1) is 33.3. The molecule has 0 N–H and O–H groups in total. The van der Waals surface area contributed by atoms with Gasteiger partial charge in [-0.15, -0.1) is 0 Å². The van der Waals surface area contributed by atoms with Gasteiger partial charge in [-0.05, 0) is 90.4 Å². The smallest absolute Gasteiger partial charge is 0.416 e. The zero-order valence-electron chi connectivity index (χ0n) is 25.7. The SMILES string of the molecule is CC(Cc1ccc2cc(Br)ccc2c1)C(=S)OCCN1CCN(CCCN2c3ccccc3Sc3ccc(C(F)(F)F)cc32)CC1. The van der Waals surface area contributed by atoms with E-state index >= 15 is 0 Å². The summed E-state index contributed by atoms with van der Waals surface area (Å²) in [5.41, 5.74) is 2.26. The van der Waals surface area contributed by atoms with Gasteiger partial charge in [0.2, 0.25) is 0 Å². The second-order valence-corrected chi connectivity index (χ2v) is 14.4. The van der Waals surface area contributed by atoms with E-state index in [1.807, 2.05) is 24.3 Å². The predicted molar refractivity (Wildman–Crippen MR) is 190 cm³/mol. The van der Waals surface area contributed by atoms with Crippen molar-refractivity contribution in [2.24, 2.45) is 5.92 Å². The Labute approximate surface area is 287 Å². The van der Waals surface area contributed by atoms with Crippen LogP contribution < -0.4 is 4.90 Å². The summed E-state index contributed by atoms with van der Waals surface area (Å²) < 4.78 is 47.7. The zero-order chi connectivity index (χ0) is 32.3. The number of rotatable bonds is 10. The van der Waals surface area contributed by atoms with Crippen molar-refractivity contribution in [3.8, 4) is 0 Å². The van der Waals surface area contributed by atoms with Crippen molar-refractivity contribution >= 4 is 67.1 Å². The van der Waals surface area contributed by atoms with E-state index in [2.05, 4.69) is 74.0 Å². The maximum Gasteiger partial charge on any atom is 0.416 e. The van der Waals surface area contributed by atoms with Crippen LogP contribution in [0, 0.1) is 5.92 Å². The van der Waals surface area contributed by atoms with E-state index in [0.29, 0.717) is 23.9 Å². The summed E-state index contributed by atoms with van der Waals surface area (Å²) in [5, 5.41) is 3.10. The van der Waals surface area contributed by atoms with Crippen LogP contribution in [0.3, 0.4) is 0 Å². The Hall–Kier alpha value is -2.63. The van der Waals surface area contributed by atoms with Gasteiger partial charge < -0.3 is 14.5 Å². The van der Waals surface area contributed by atoms with Gasteiger partial charge in [0.1, 0.15) is 6.61 Å². The van der Waals surface area contributed by atoms with E-state index < -0.39 is 11.7 Å². The first-order valence-corrected chi connectivity index (χ1v) is 17.7. The van der Waals surface area contributed by atoms with Crippen LogP contribution in [-0.2, 0) is 17.3 Å². The maximum atomic E-state index is 13.5. The molecule has 1 saturated heterocycles. The first-order chi connectivity index (χ1) is 22.1. The molecule has 0 aromatic heterocycles. The van der Waals surface area contributed by atoms with Crippen molar-refractivity contribution < 1.29 is 17.9 Å². The molecule has 2 heterocycles. The Morgan fingerprint density at radius 1 is 0.848 bits per heavy atom. The molecule has 1 fully saturated rings. The molecular formula is C36H37BrF3N3OS2. The van der Waals surface area contributed by atoms with Gasteiger partial charge in [0.15, 0.2) is 5.05 Å². The Morgan fingerprint density at radius 2 is 1.54 bits per heavy atom. The summed E-state index contributed by atoms with van der Waals surface area (Å²) >= 11 is 10.7. The molecule has 1 unspecified atom stereocenters. The molecule has 0 spiro atoms. The fraction of sp³-hybridized carbons (Fsp3) is 0.361. The fourth-order valence-corrected chi connectivity index (χ4v) is 7.80. The highest BCUT2D eigenvalue weighted by molar-refractivity contribution is 9.10. The van der Waals surface area contributed by atoms with Gasteiger partial charge in [-0.25, -0.2) is 0 Å². The molecule has 2 aliphatic rings. The number of para-hydroxylation sites is 1. The van der Waals surface area contributed by atoms with Gasteiger partial charge >= 0.3 is 6.18 Å². The number of halogens is 4. The molecule has 0 amide bonds. The lowest BCUT2D eigenvalue weighted by Gasteiger charge is -2.36. The number of hydrogen-bond donors (Lipinski definition) is 0. The average molecular weight is 729 g/mol. The highest BCUT2D eigenvalue weighted by Crippen LogP contribution is 2.49. The number of anilines is 2. The van der Waals surface area contributed by atoms with Gasteiger partial charge in [0.25, 0.3) is 0 Å². The zero-order valence-corrected chi connectivity index (χ0v) is 29.0. The normalized spacial score (nSPS) is 16.2. The number of ether oxygens (including phenoxy) is 1. The second-order valence-electron chi connectivity index (χ2n) is 12.0. The Balaban J connectivity index is 0.938. The minimum absolute atomic E-state index is 0.150. The lowest BCUT2D eigenvalue weighted by Crippen LogP contribution is -2.47. The highest BCUT2D eigenvalue weighted by atomic mass is 79.9. The van der Waals surface area contributed by atoms with E-state index in [9.17, 15) is 13.2 Å². The van der Waals surface area contributed by atoms with Crippen LogP contribution >= 0.6 is 39.9 Å². The van der Waals surface area contributed by atoms with Crippen LogP contribution in [0.4, 0.5) is 24.5 Å². The number of hydrogen-bond acceptors (Lipinski definition) is 6. The average Bonchev–Trinajstić information content (AvgIpc) is 3.04. The summed E-state index contributed by atoms with van der Waals surface area (Å²) in [6, 6.07) is 24.9. The van der Waals surface area contributed by atoms with Gasteiger partial charge in [0.05, 0.1) is 16.9 Å². The molecule has 4 nitrogen and oxygen atoms in total. The predicted octanol–water partition coefficient (Wildman–Crippen LogP) is 9.45. The van der Waals surface area contributed by atoms with Crippen LogP contribution in [0.15, 0.2) is 93.1 Å². The molecule has 242 valence electrons. The summed E-state index contributed by atoms with van der Waals surface area (Å²) in [7, 11) is 0. The van der Waals surface area contributed by atoms with Gasteiger partial charge in [-0.1, -0.05) is 71.0 Å². The third-order valence-corrected chi connectivity index (χ3v) is 10.9. The summed E-state index contributed by atoms with van der Waals surface area (Å²) in [6.07, 6.45) is -2.66. The van der Waals surface area contributed by atoms with Crippen LogP contribution in [0.5, 0.6) is 0 Å². The number of thiocarbonyl (C=S) groups is 1. The van der Waals surface area contributed by atoms with Crippen molar-refractivity contribution in [3.05, 3.63) is 94.5 Å². The number of nitrogens with zero attached hydrogens (tertiary/aromatic N) is 3. The van der Waals surface area contributed by atoms with Crippen LogP contribution in [-0.4, -0.2) is 67.3 Å². The number of piperazine rings is 1. The van der Waals surface area contributed by atoms with Crippen LogP contribution in [0.25, 0.3) is 10.8 Å². The van der Waals surface area contributed by atoms with E-state index in [4.69, 9.17) is 17.0 Å². The highest BCUT2D eigenvalue weighted by Gasteiger charge is 2.33. The number of alkyl halides is 3. The van der Waals surface area contributed by atoms with Gasteiger partial charge in [-0.2, -0.15) is 13.2 Å². The van der Waals surface area contributed by atoms with Crippen molar-refractivity contribution in [1.82, 2.24) is 9.80 Å². The van der Waals surface area contributed by atoms with Crippen LogP contribution in [0.2, 0.25) is 0 Å². The van der Waals surface area contributed by atoms with E-state index in [0.717, 1.165) is 72.1 Å². The molecule has 6 rings (SSSR count). The molecule has 46 heavy (non-hydrogen) atoms. The largest absolute Gasteiger partial charge is 0.485 e. The topological polar surface area (TPSA) is 19.0 Å². The molecule has 10 heteroatoms. The molecule has 4 aromatic rings. The molecule has 4 aromatic carbocycles. The van der Waals surface area contributed by atoms with E-state index in [1.165, 1.54) is 40.2 Å². The lowest BCUT2D eigenvalue weighted by atomic mass is 9.99. The third-order valence-electron chi connectivity index (χ3n) is 8.74. The number of benzene rings is 4. The van der Waals surface area contributed by atoms with E-state index in [-0.39, 0.29) is 5.92 Å². The monoisotopic (exact) mass is 727 g/mol. The molecule has 1 atom stereocenters. The minimum Gasteiger partial charge on any atom is -0.485 e. The fourth-order valence-electron chi connectivity index (χ4n) is 6.18. The first-order valence-electron chi connectivity index (χ1n) is 15.7. The van der Waals surface area contributed by atoms with Crippen molar-refractivity contribution in [2.75, 3.05) is 57.3 Å². The number of fused-ring (bicyclic) bond motifs is 3. The Bertz CT molecular complexity index is 1690. The van der Waals surface area contributed by atoms with Crippen molar-refractivity contribution in [1.29, 1.82) is 0 Å². The van der Waals surface area contributed by atoms with Gasteiger partial charge in [0, 0.05) is 59.5 Å². The summed E-state index contributed by atoms with van der Waals surface area (Å²) in [4.78, 5) is 8.86. The summed E-state index contributed by atoms with van der Waals surface area (Å²) in [5.74, 6) is 0.150. The van der Waals surface area contributed by atoms with Crippen LogP contribution in [0.1, 0.15) is 24.5 Å². The Kier molecular flexibility index (Phi) is 10.6. The second kappa shape index (κ2) is 14.6. The molecule has 0 bridgehead atoms. The van der Waals surface area contributed by atoms with E-state index in [1.54, 1.807) is 6.07 Å². The molecule has 2 aliphatic heterocycles. The quantitative estimate of drug-likeness (QED) is 0.151. The maximum absolute atomic E-state index is 13.5. The van der Waals surface area contributed by atoms with Crippen molar-refractivity contribution in [2.45, 2.75) is 35.7 Å². The van der Waals surface area contributed by atoms with Crippen molar-refractivity contribution in [3.63, 3.8) is 0 Å². The lowest BCUT2D eigenvalue weighted by molar-refractivity contribution is -0.137. The minimum atomic E-state index is -4.37. The molecule has 0 aliphatic carbocycles. The Morgan fingerprint density at radius 3 is 2.33 bits per heavy atom. The third kappa shape index (κ3) is 8.08. The van der Waals surface area contributed by atoms with Gasteiger partial charge in [-0.3, -0.25) is 4.90 Å². The standard InChI is InChI=1S/C36H37BrF3N3OS2/c1-25(21-26-7-8-28-23-30(37)11-9-27(28)22-26)35(45)44-20-19-42-17-15-41(16-18-42)13-4-14-43-31-5-2-3-6-33(31)46-34-12-10-29(24-32(34)43)36(38,39)40/h2-3,5-12,22-25H,4,13-21H2,1H3. The summed E-state index contributed by atoms with van der Waals surface area (Å²) in [6.45, 7) is 8.94. The molecule has 0 saturated carbocycles.